The summed E-state index contributed by atoms with van der Waals surface area (Å²) in [4.78, 5) is 12.5. The molecule has 0 atom stereocenters. The number of carbonyl (C=O) groups excluding carboxylic acids is 1. The molecule has 0 radical (unpaired) electrons. The van der Waals surface area contributed by atoms with Crippen LogP contribution >= 0.6 is 0 Å². The molecule has 0 aromatic heterocycles. The molecule has 1 aliphatic carbocycles. The topological polar surface area (TPSA) is 17.1 Å². The Kier molecular flexibility index (Phi) is 9.21. The van der Waals surface area contributed by atoms with Crippen LogP contribution in [-0.2, 0) is 6.42 Å². The highest BCUT2D eigenvalue weighted by atomic mass is 16.1. The zero-order valence-corrected chi connectivity index (χ0v) is 24.5. The number of rotatable bonds is 2. The zero-order chi connectivity index (χ0) is 29.3. The molecular weight excluding hydrogens is 508 g/mol. The van der Waals surface area contributed by atoms with E-state index in [2.05, 4.69) is 124 Å². The quantitative estimate of drug-likeness (QED) is 0.212. The molecule has 1 heteroatoms. The van der Waals surface area contributed by atoms with Crippen LogP contribution in [0.3, 0.4) is 0 Å². The number of benzene rings is 6. The standard InChI is InChI=1S/C21H16O.C13H12.C7H8/c1-14-6-8-15(9-7-14)16-10-11-19-18-5-3-2-4-17(18)13-21(22)20(19)12-16;1-11-7-9-13(10-8-11)12-5-3-2-4-6-12;1-7-5-3-2-4-6-7/h2-12H,13H2,1H3;2-10H,1H3;2-6H,1H3. The Labute approximate surface area is 250 Å². The summed E-state index contributed by atoms with van der Waals surface area (Å²) in [6.07, 6.45) is 0.501. The minimum Gasteiger partial charge on any atom is -0.294 e. The average molecular weight is 545 g/mol. The SMILES string of the molecule is Cc1ccc(-c2ccc3c(c2)C(=O)Cc2ccccc2-3)cc1.Cc1ccc(-c2ccccc2)cc1.Cc1ccccc1. The highest BCUT2D eigenvalue weighted by molar-refractivity contribution is 6.08. The Balaban J connectivity index is 0.000000148. The lowest BCUT2D eigenvalue weighted by atomic mass is 9.83. The molecule has 0 bridgehead atoms. The van der Waals surface area contributed by atoms with Crippen molar-refractivity contribution >= 4 is 5.78 Å². The van der Waals surface area contributed by atoms with E-state index < -0.39 is 0 Å². The Morgan fingerprint density at radius 2 is 0.833 bits per heavy atom. The predicted molar refractivity (Wildman–Crippen MR) is 178 cm³/mol. The first-order valence-electron chi connectivity index (χ1n) is 14.4. The van der Waals surface area contributed by atoms with E-state index in [9.17, 15) is 4.79 Å². The van der Waals surface area contributed by atoms with E-state index in [1.165, 1.54) is 33.4 Å². The Morgan fingerprint density at radius 1 is 0.381 bits per heavy atom. The van der Waals surface area contributed by atoms with Gasteiger partial charge in [-0.25, -0.2) is 0 Å². The van der Waals surface area contributed by atoms with Crippen molar-refractivity contribution in [3.63, 3.8) is 0 Å². The third-order valence-electron chi connectivity index (χ3n) is 7.46. The largest absolute Gasteiger partial charge is 0.294 e. The number of hydrogen-bond donors (Lipinski definition) is 0. The lowest BCUT2D eigenvalue weighted by molar-refractivity contribution is 0.0992. The van der Waals surface area contributed by atoms with Gasteiger partial charge in [-0.1, -0.05) is 162 Å². The van der Waals surface area contributed by atoms with Gasteiger partial charge in [-0.15, -0.1) is 0 Å². The van der Waals surface area contributed by atoms with Crippen LogP contribution in [0.2, 0.25) is 0 Å². The third-order valence-corrected chi connectivity index (χ3v) is 7.46. The summed E-state index contributed by atoms with van der Waals surface area (Å²) < 4.78 is 0. The highest BCUT2D eigenvalue weighted by Gasteiger charge is 2.22. The van der Waals surface area contributed by atoms with Gasteiger partial charge in [0.25, 0.3) is 0 Å². The number of hydrogen-bond acceptors (Lipinski definition) is 1. The second kappa shape index (κ2) is 13.6. The predicted octanol–water partition coefficient (Wildman–Crippen LogP) is 10.7. The molecule has 0 N–H and O–H groups in total. The number of fused-ring (bicyclic) bond motifs is 3. The van der Waals surface area contributed by atoms with E-state index in [0.717, 1.165) is 27.8 Å². The first-order valence-corrected chi connectivity index (χ1v) is 14.4. The summed E-state index contributed by atoms with van der Waals surface area (Å²) in [5.74, 6) is 0.211. The van der Waals surface area contributed by atoms with E-state index in [0.29, 0.717) is 6.42 Å². The monoisotopic (exact) mass is 544 g/mol. The summed E-state index contributed by atoms with van der Waals surface area (Å²) in [7, 11) is 0. The molecule has 206 valence electrons. The normalized spacial score (nSPS) is 11.2. The van der Waals surface area contributed by atoms with E-state index in [1.807, 2.05) is 48.5 Å². The zero-order valence-electron chi connectivity index (χ0n) is 24.5. The smallest absolute Gasteiger partial charge is 0.167 e. The van der Waals surface area contributed by atoms with Gasteiger partial charge in [0.15, 0.2) is 5.78 Å². The van der Waals surface area contributed by atoms with Crippen LogP contribution in [0.15, 0.2) is 152 Å². The van der Waals surface area contributed by atoms with E-state index in [-0.39, 0.29) is 5.78 Å². The maximum absolute atomic E-state index is 12.5. The van der Waals surface area contributed by atoms with Crippen LogP contribution in [-0.4, -0.2) is 5.78 Å². The Hall–Kier alpha value is -5.01. The fraction of sp³-hybridized carbons (Fsp3) is 0.0976. The molecule has 7 rings (SSSR count). The van der Waals surface area contributed by atoms with Crippen molar-refractivity contribution in [2.24, 2.45) is 0 Å². The van der Waals surface area contributed by atoms with Gasteiger partial charge in [0, 0.05) is 12.0 Å². The highest BCUT2D eigenvalue weighted by Crippen LogP contribution is 2.35. The van der Waals surface area contributed by atoms with E-state index >= 15 is 0 Å². The summed E-state index contributed by atoms with van der Waals surface area (Å²) in [6.45, 7) is 6.27. The van der Waals surface area contributed by atoms with Crippen molar-refractivity contribution in [3.8, 4) is 33.4 Å². The molecule has 1 aliphatic rings. The minimum absolute atomic E-state index is 0.211. The molecule has 0 aliphatic heterocycles. The molecule has 1 nitrogen and oxygen atoms in total. The molecule has 0 saturated carbocycles. The molecule has 0 spiro atoms. The molecule has 6 aromatic rings. The molecule has 0 unspecified atom stereocenters. The van der Waals surface area contributed by atoms with Gasteiger partial charge >= 0.3 is 0 Å². The first kappa shape index (κ1) is 28.5. The molecule has 0 saturated heterocycles. The van der Waals surface area contributed by atoms with Gasteiger partial charge in [0.05, 0.1) is 0 Å². The van der Waals surface area contributed by atoms with Crippen LogP contribution in [0.1, 0.15) is 32.6 Å². The van der Waals surface area contributed by atoms with Crippen molar-refractivity contribution in [1.82, 2.24) is 0 Å². The molecular formula is C41H36O. The van der Waals surface area contributed by atoms with Crippen LogP contribution < -0.4 is 0 Å². The van der Waals surface area contributed by atoms with Crippen molar-refractivity contribution in [2.45, 2.75) is 27.2 Å². The molecule has 0 heterocycles. The van der Waals surface area contributed by atoms with Crippen molar-refractivity contribution in [2.75, 3.05) is 0 Å². The minimum atomic E-state index is 0.211. The molecule has 0 fully saturated rings. The Bertz CT molecular complexity index is 1750. The van der Waals surface area contributed by atoms with Crippen LogP contribution in [0.25, 0.3) is 33.4 Å². The number of aryl methyl sites for hydroxylation is 3. The third kappa shape index (κ3) is 7.19. The van der Waals surface area contributed by atoms with Crippen molar-refractivity contribution in [1.29, 1.82) is 0 Å². The lowest BCUT2D eigenvalue weighted by Crippen LogP contribution is -2.12. The summed E-state index contributed by atoms with van der Waals surface area (Å²) in [5, 5.41) is 0. The van der Waals surface area contributed by atoms with Crippen molar-refractivity contribution in [3.05, 3.63) is 179 Å². The molecule has 0 amide bonds. The van der Waals surface area contributed by atoms with Crippen LogP contribution in [0.4, 0.5) is 0 Å². The molecule has 42 heavy (non-hydrogen) atoms. The number of Topliss-reactive ketones (excluding diaryl/α,β-unsaturated/α-hetero) is 1. The van der Waals surface area contributed by atoms with Gasteiger partial charge in [-0.05, 0) is 65.8 Å². The van der Waals surface area contributed by atoms with E-state index in [1.54, 1.807) is 0 Å². The Morgan fingerprint density at radius 3 is 1.40 bits per heavy atom. The van der Waals surface area contributed by atoms with Crippen LogP contribution in [0, 0.1) is 20.8 Å². The average Bonchev–Trinajstić information content (AvgIpc) is 3.03. The van der Waals surface area contributed by atoms with Gasteiger partial charge in [0.2, 0.25) is 0 Å². The van der Waals surface area contributed by atoms with Gasteiger partial charge in [-0.3, -0.25) is 4.79 Å². The first-order chi connectivity index (χ1) is 20.5. The van der Waals surface area contributed by atoms with Gasteiger partial charge < -0.3 is 0 Å². The lowest BCUT2D eigenvalue weighted by Gasteiger charge is -2.19. The van der Waals surface area contributed by atoms with Gasteiger partial charge in [-0.2, -0.15) is 0 Å². The second-order valence-corrected chi connectivity index (χ2v) is 10.8. The summed E-state index contributed by atoms with van der Waals surface area (Å²) in [5.41, 5.74) is 12.9. The maximum atomic E-state index is 12.5. The fourth-order valence-corrected chi connectivity index (χ4v) is 5.05. The van der Waals surface area contributed by atoms with Gasteiger partial charge in [0.1, 0.15) is 0 Å². The number of carbonyl (C=O) groups is 1. The summed E-state index contributed by atoms with van der Waals surface area (Å²) in [6, 6.07) is 52.1. The van der Waals surface area contributed by atoms with Crippen molar-refractivity contribution < 1.29 is 4.79 Å². The van der Waals surface area contributed by atoms with Crippen LogP contribution in [0.5, 0.6) is 0 Å². The molecule has 6 aromatic carbocycles. The summed E-state index contributed by atoms with van der Waals surface area (Å²) >= 11 is 0. The van der Waals surface area contributed by atoms with E-state index in [4.69, 9.17) is 0 Å². The number of ketones is 1. The fourth-order valence-electron chi connectivity index (χ4n) is 5.05. The second-order valence-electron chi connectivity index (χ2n) is 10.8. The maximum Gasteiger partial charge on any atom is 0.167 e.